The van der Waals surface area contributed by atoms with Crippen LogP contribution in [0.3, 0.4) is 0 Å². The van der Waals surface area contributed by atoms with Gasteiger partial charge in [-0.15, -0.1) is 0 Å². The quantitative estimate of drug-likeness (QED) is 0.360. The molecule has 3 aromatic rings. The average Bonchev–Trinajstić information content (AvgIpc) is 2.35. The van der Waals surface area contributed by atoms with E-state index in [4.69, 9.17) is 0 Å². The predicted molar refractivity (Wildman–Crippen MR) is 64.9 cm³/mol. The van der Waals surface area contributed by atoms with E-state index in [1.165, 1.54) is 12.1 Å². The monoisotopic (exact) mass is 259 g/mol. The smallest absolute Gasteiger partial charge is 0.358 e. The standard InChI is InChI=1S/C10H5N5O4/c16-9-5-1-4-6(2-7(5)13-10(17)14-9)11-3-12-8(4)15(18)19/h1-3H,(H2,13,14,16,17). The third-order valence-electron chi connectivity index (χ3n) is 2.65. The van der Waals surface area contributed by atoms with Gasteiger partial charge >= 0.3 is 11.5 Å². The number of nitro groups is 1. The van der Waals surface area contributed by atoms with Crippen molar-refractivity contribution in [2.24, 2.45) is 0 Å². The Hall–Kier alpha value is -3.10. The van der Waals surface area contributed by atoms with E-state index in [1.807, 2.05) is 4.98 Å². The first kappa shape index (κ1) is 11.0. The maximum Gasteiger partial charge on any atom is 0.374 e. The molecule has 2 aromatic heterocycles. The van der Waals surface area contributed by atoms with Crippen molar-refractivity contribution in [3.63, 3.8) is 0 Å². The SMILES string of the molecule is O=c1[nH]c(=O)c2cc3c([N+](=O)[O-])ncnc3cc2[nH]1. The number of nitrogens with zero attached hydrogens (tertiary/aromatic N) is 3. The first-order chi connectivity index (χ1) is 9.06. The van der Waals surface area contributed by atoms with Gasteiger partial charge in [0.25, 0.3) is 5.56 Å². The fraction of sp³-hybridized carbons (Fsp3) is 0. The van der Waals surface area contributed by atoms with Crippen LogP contribution in [-0.2, 0) is 0 Å². The first-order valence-corrected chi connectivity index (χ1v) is 5.12. The second-order valence-corrected chi connectivity index (χ2v) is 3.78. The van der Waals surface area contributed by atoms with Gasteiger partial charge in [0.05, 0.1) is 21.8 Å². The Bertz CT molecular complexity index is 942. The van der Waals surface area contributed by atoms with Gasteiger partial charge in [-0.05, 0) is 22.0 Å². The van der Waals surface area contributed by atoms with E-state index in [9.17, 15) is 19.7 Å². The summed E-state index contributed by atoms with van der Waals surface area (Å²) in [6, 6.07) is 2.69. The summed E-state index contributed by atoms with van der Waals surface area (Å²) < 4.78 is 0. The minimum atomic E-state index is -0.657. The Morgan fingerprint density at radius 3 is 2.63 bits per heavy atom. The van der Waals surface area contributed by atoms with Crippen LogP contribution in [0.25, 0.3) is 21.8 Å². The summed E-state index contributed by atoms with van der Waals surface area (Å²) in [5.74, 6) is -0.391. The lowest BCUT2D eigenvalue weighted by Crippen LogP contribution is -2.21. The Labute approximate surface area is 103 Å². The molecule has 2 N–H and O–H groups in total. The number of aromatic amines is 2. The van der Waals surface area contributed by atoms with Crippen molar-refractivity contribution in [3.8, 4) is 0 Å². The summed E-state index contributed by atoms with van der Waals surface area (Å²) in [7, 11) is 0. The fourth-order valence-electron chi connectivity index (χ4n) is 1.85. The van der Waals surface area contributed by atoms with Gasteiger partial charge in [0.15, 0.2) is 0 Å². The van der Waals surface area contributed by atoms with Crippen LogP contribution in [0.4, 0.5) is 5.82 Å². The molecule has 1 aromatic carbocycles. The topological polar surface area (TPSA) is 135 Å². The largest absolute Gasteiger partial charge is 0.374 e. The summed E-state index contributed by atoms with van der Waals surface area (Å²) in [4.78, 5) is 44.9. The number of hydrogen-bond acceptors (Lipinski definition) is 6. The Balaban J connectivity index is 2.56. The van der Waals surface area contributed by atoms with Gasteiger partial charge in [-0.25, -0.2) is 9.78 Å². The highest BCUT2D eigenvalue weighted by Crippen LogP contribution is 2.23. The lowest BCUT2D eigenvalue weighted by Gasteiger charge is -2.00. The van der Waals surface area contributed by atoms with Crippen molar-refractivity contribution in [1.29, 1.82) is 0 Å². The minimum Gasteiger partial charge on any atom is -0.358 e. The second kappa shape index (κ2) is 3.70. The molecule has 0 saturated carbocycles. The van der Waals surface area contributed by atoms with Crippen molar-refractivity contribution in [2.75, 3.05) is 0 Å². The van der Waals surface area contributed by atoms with E-state index in [0.29, 0.717) is 0 Å². The van der Waals surface area contributed by atoms with Crippen molar-refractivity contribution in [3.05, 3.63) is 49.4 Å². The molecule has 0 aliphatic carbocycles. The number of nitrogens with one attached hydrogen (secondary N) is 2. The number of hydrogen-bond donors (Lipinski definition) is 2. The number of H-pyrrole nitrogens is 2. The van der Waals surface area contributed by atoms with Crippen LogP contribution in [0, 0.1) is 10.1 Å². The van der Waals surface area contributed by atoms with E-state index < -0.39 is 22.0 Å². The van der Waals surface area contributed by atoms with Crippen LogP contribution >= 0.6 is 0 Å². The summed E-state index contributed by atoms with van der Waals surface area (Å²) in [6.07, 6.45) is 1.05. The second-order valence-electron chi connectivity index (χ2n) is 3.78. The maximum absolute atomic E-state index is 11.6. The van der Waals surface area contributed by atoms with Crippen LogP contribution in [-0.4, -0.2) is 24.9 Å². The van der Waals surface area contributed by atoms with E-state index in [-0.39, 0.29) is 21.8 Å². The van der Waals surface area contributed by atoms with Crippen LogP contribution in [0.1, 0.15) is 0 Å². The van der Waals surface area contributed by atoms with Crippen LogP contribution in [0.2, 0.25) is 0 Å². The summed E-state index contributed by atoms with van der Waals surface area (Å²) in [6.45, 7) is 0. The van der Waals surface area contributed by atoms with Crippen molar-refractivity contribution in [1.82, 2.24) is 19.9 Å². The molecule has 0 saturated heterocycles. The maximum atomic E-state index is 11.6. The molecule has 0 aliphatic heterocycles. The van der Waals surface area contributed by atoms with Gasteiger partial charge in [0.2, 0.25) is 6.33 Å². The molecule has 0 fully saturated rings. The molecule has 0 radical (unpaired) electrons. The lowest BCUT2D eigenvalue weighted by atomic mass is 10.1. The number of aromatic nitrogens is 4. The van der Waals surface area contributed by atoms with E-state index in [2.05, 4.69) is 15.0 Å². The van der Waals surface area contributed by atoms with Gasteiger partial charge in [-0.1, -0.05) is 0 Å². The van der Waals surface area contributed by atoms with E-state index in [1.54, 1.807) is 0 Å². The molecule has 9 heteroatoms. The lowest BCUT2D eigenvalue weighted by molar-refractivity contribution is -0.387. The third-order valence-corrected chi connectivity index (χ3v) is 2.65. The predicted octanol–water partition coefficient (Wildman–Crippen LogP) is 0.0678. The Morgan fingerprint density at radius 1 is 1.11 bits per heavy atom. The third kappa shape index (κ3) is 1.64. The molecule has 0 atom stereocenters. The highest BCUT2D eigenvalue weighted by Gasteiger charge is 2.15. The summed E-state index contributed by atoms with van der Waals surface area (Å²) >= 11 is 0. The average molecular weight is 259 g/mol. The molecule has 0 amide bonds. The summed E-state index contributed by atoms with van der Waals surface area (Å²) in [5.41, 5.74) is -0.746. The minimum absolute atomic E-state index is 0.130. The normalized spacial score (nSPS) is 10.9. The number of benzene rings is 1. The van der Waals surface area contributed by atoms with Crippen molar-refractivity contribution < 1.29 is 4.92 Å². The van der Waals surface area contributed by atoms with Crippen molar-refractivity contribution >= 4 is 27.6 Å². The van der Waals surface area contributed by atoms with Crippen LogP contribution in [0.5, 0.6) is 0 Å². The zero-order chi connectivity index (χ0) is 13.6. The van der Waals surface area contributed by atoms with Gasteiger partial charge in [-0.3, -0.25) is 9.78 Å². The van der Waals surface area contributed by atoms with Gasteiger partial charge in [0.1, 0.15) is 0 Å². The molecule has 0 bridgehead atoms. The first-order valence-electron chi connectivity index (χ1n) is 5.12. The van der Waals surface area contributed by atoms with Gasteiger partial charge in [-0.2, -0.15) is 0 Å². The highest BCUT2D eigenvalue weighted by atomic mass is 16.6. The van der Waals surface area contributed by atoms with E-state index >= 15 is 0 Å². The highest BCUT2D eigenvalue weighted by molar-refractivity contribution is 5.97. The molecule has 3 rings (SSSR count). The number of rotatable bonds is 1. The van der Waals surface area contributed by atoms with Crippen molar-refractivity contribution in [2.45, 2.75) is 0 Å². The zero-order valence-corrected chi connectivity index (χ0v) is 9.21. The Kier molecular flexibility index (Phi) is 2.14. The molecule has 2 heterocycles. The summed E-state index contributed by atoms with van der Waals surface area (Å²) in [5, 5.41) is 11.1. The molecule has 19 heavy (non-hydrogen) atoms. The van der Waals surface area contributed by atoms with Gasteiger partial charge < -0.3 is 15.1 Å². The molecule has 9 nitrogen and oxygen atoms in total. The number of fused-ring (bicyclic) bond motifs is 2. The molecular weight excluding hydrogens is 254 g/mol. The molecule has 94 valence electrons. The molecule has 0 unspecified atom stereocenters. The molecular formula is C10H5N5O4. The van der Waals surface area contributed by atoms with Crippen LogP contribution in [0.15, 0.2) is 28.0 Å². The molecule has 0 aliphatic rings. The zero-order valence-electron chi connectivity index (χ0n) is 9.21. The fourth-order valence-corrected chi connectivity index (χ4v) is 1.85. The van der Waals surface area contributed by atoms with E-state index in [0.717, 1.165) is 6.33 Å². The van der Waals surface area contributed by atoms with Crippen LogP contribution < -0.4 is 11.2 Å². The molecule has 0 spiro atoms. The Morgan fingerprint density at radius 2 is 1.89 bits per heavy atom. The van der Waals surface area contributed by atoms with Gasteiger partial charge in [0, 0.05) is 0 Å².